The van der Waals surface area contributed by atoms with Gasteiger partial charge in [-0.2, -0.15) is 0 Å². The second kappa shape index (κ2) is 5.62. The first-order valence-electron chi connectivity index (χ1n) is 4.93. The number of carbonyl (C=O) groups excluding carboxylic acids is 2. The molecule has 2 amide bonds. The van der Waals surface area contributed by atoms with Crippen LogP contribution in [0.4, 0.5) is 0 Å². The fourth-order valence-electron chi connectivity index (χ4n) is 0.768. The number of hydrogen-bond acceptors (Lipinski definition) is 2. The van der Waals surface area contributed by atoms with Gasteiger partial charge in [0.1, 0.15) is 0 Å². The minimum absolute atomic E-state index is 0.00301. The fourth-order valence-corrected chi connectivity index (χ4v) is 0.768. The molecule has 0 aliphatic heterocycles. The Labute approximate surface area is 85.4 Å². The summed E-state index contributed by atoms with van der Waals surface area (Å²) in [5.41, 5.74) is -0.366. The van der Waals surface area contributed by atoms with Crippen molar-refractivity contribution in [1.29, 1.82) is 0 Å². The molecule has 0 heterocycles. The highest BCUT2D eigenvalue weighted by Crippen LogP contribution is 2.11. The molecular formula is C10H20N2O2. The van der Waals surface area contributed by atoms with Crippen LogP contribution in [0, 0.1) is 5.41 Å². The van der Waals surface area contributed by atoms with Gasteiger partial charge >= 0.3 is 0 Å². The van der Waals surface area contributed by atoms with E-state index in [1.165, 1.54) is 0 Å². The molecule has 0 atom stereocenters. The molecule has 0 unspecified atom stereocenters. The Kier molecular flexibility index (Phi) is 5.20. The normalized spacial score (nSPS) is 10.9. The van der Waals surface area contributed by atoms with Crippen molar-refractivity contribution in [3.05, 3.63) is 0 Å². The summed E-state index contributed by atoms with van der Waals surface area (Å²) >= 11 is 0. The van der Waals surface area contributed by atoms with E-state index in [4.69, 9.17) is 0 Å². The maximum absolute atomic E-state index is 11.4. The average Bonchev–Trinajstić information content (AvgIpc) is 2.09. The van der Waals surface area contributed by atoms with Crippen LogP contribution in [-0.2, 0) is 9.59 Å². The predicted molar refractivity (Wildman–Crippen MR) is 55.8 cm³/mol. The topological polar surface area (TPSA) is 58.2 Å². The molecule has 0 fully saturated rings. The molecule has 82 valence electrons. The Balaban J connectivity index is 3.56. The van der Waals surface area contributed by atoms with Gasteiger partial charge in [0.2, 0.25) is 11.8 Å². The molecule has 0 aromatic carbocycles. The van der Waals surface area contributed by atoms with Crippen molar-refractivity contribution in [2.24, 2.45) is 5.41 Å². The lowest BCUT2D eigenvalue weighted by atomic mass is 9.96. The Hall–Kier alpha value is -1.06. The van der Waals surface area contributed by atoms with Gasteiger partial charge in [0.15, 0.2) is 0 Å². The van der Waals surface area contributed by atoms with E-state index in [-0.39, 0.29) is 17.2 Å². The van der Waals surface area contributed by atoms with E-state index in [1.807, 2.05) is 20.8 Å². The van der Waals surface area contributed by atoms with Gasteiger partial charge in [0, 0.05) is 24.9 Å². The summed E-state index contributed by atoms with van der Waals surface area (Å²) < 4.78 is 0. The second-order valence-electron chi connectivity index (χ2n) is 4.21. The zero-order valence-corrected chi connectivity index (χ0v) is 9.44. The van der Waals surface area contributed by atoms with Crippen LogP contribution >= 0.6 is 0 Å². The largest absolute Gasteiger partial charge is 0.354 e. The van der Waals surface area contributed by atoms with E-state index in [0.717, 1.165) is 0 Å². The highest BCUT2D eigenvalue weighted by molar-refractivity contribution is 5.81. The average molecular weight is 200 g/mol. The molecule has 0 aromatic heterocycles. The molecule has 4 heteroatoms. The van der Waals surface area contributed by atoms with Crippen LogP contribution in [-0.4, -0.2) is 24.9 Å². The molecule has 0 aromatic rings. The minimum atomic E-state index is -0.366. The van der Waals surface area contributed by atoms with Crippen molar-refractivity contribution in [2.75, 3.05) is 13.1 Å². The van der Waals surface area contributed by atoms with E-state index in [1.54, 1.807) is 6.92 Å². The summed E-state index contributed by atoms with van der Waals surface area (Å²) in [4.78, 5) is 22.2. The third-order valence-corrected chi connectivity index (χ3v) is 1.74. The molecule has 0 rings (SSSR count). The smallest absolute Gasteiger partial charge is 0.225 e. The van der Waals surface area contributed by atoms with Crippen LogP contribution in [0.1, 0.15) is 34.1 Å². The zero-order valence-electron chi connectivity index (χ0n) is 9.44. The second-order valence-corrected chi connectivity index (χ2v) is 4.21. The predicted octanol–water partition coefficient (Wildman–Crippen LogP) is 0.675. The van der Waals surface area contributed by atoms with Crippen molar-refractivity contribution in [2.45, 2.75) is 34.1 Å². The SMILES string of the molecule is CCC(=O)NCCNC(=O)C(C)(C)C. The number of nitrogens with one attached hydrogen (secondary N) is 2. The van der Waals surface area contributed by atoms with Crippen LogP contribution in [0.15, 0.2) is 0 Å². The van der Waals surface area contributed by atoms with Crippen molar-refractivity contribution in [3.8, 4) is 0 Å². The Bertz CT molecular complexity index is 207. The quantitative estimate of drug-likeness (QED) is 0.655. The first-order chi connectivity index (χ1) is 6.38. The maximum atomic E-state index is 11.4. The van der Waals surface area contributed by atoms with Crippen molar-refractivity contribution in [1.82, 2.24) is 10.6 Å². The minimum Gasteiger partial charge on any atom is -0.354 e. The van der Waals surface area contributed by atoms with E-state index in [0.29, 0.717) is 19.5 Å². The number of rotatable bonds is 4. The molecule has 0 radical (unpaired) electrons. The summed E-state index contributed by atoms with van der Waals surface area (Å²) in [6.07, 6.45) is 0.479. The molecule has 14 heavy (non-hydrogen) atoms. The molecular weight excluding hydrogens is 180 g/mol. The van der Waals surface area contributed by atoms with Gasteiger partial charge in [0.25, 0.3) is 0 Å². The van der Waals surface area contributed by atoms with Crippen molar-refractivity contribution < 1.29 is 9.59 Å². The van der Waals surface area contributed by atoms with Gasteiger partial charge in [-0.25, -0.2) is 0 Å². The molecule has 0 bridgehead atoms. The highest BCUT2D eigenvalue weighted by atomic mass is 16.2. The van der Waals surface area contributed by atoms with Gasteiger partial charge in [-0.1, -0.05) is 27.7 Å². The van der Waals surface area contributed by atoms with Crippen LogP contribution in [0.25, 0.3) is 0 Å². The van der Waals surface area contributed by atoms with E-state index in [2.05, 4.69) is 10.6 Å². The lowest BCUT2D eigenvalue weighted by molar-refractivity contribution is -0.128. The summed E-state index contributed by atoms with van der Waals surface area (Å²) in [6, 6.07) is 0. The molecule has 0 spiro atoms. The van der Waals surface area contributed by atoms with Gasteiger partial charge in [-0.3, -0.25) is 9.59 Å². The van der Waals surface area contributed by atoms with Crippen LogP contribution in [0.5, 0.6) is 0 Å². The van der Waals surface area contributed by atoms with Crippen LogP contribution in [0.2, 0.25) is 0 Å². The summed E-state index contributed by atoms with van der Waals surface area (Å²) in [5.74, 6) is 0.0123. The lowest BCUT2D eigenvalue weighted by Crippen LogP contribution is -2.39. The monoisotopic (exact) mass is 200 g/mol. The number of amides is 2. The van der Waals surface area contributed by atoms with Gasteiger partial charge in [0.05, 0.1) is 0 Å². The fraction of sp³-hybridized carbons (Fsp3) is 0.800. The molecule has 0 saturated carbocycles. The Morgan fingerprint density at radius 2 is 1.57 bits per heavy atom. The maximum Gasteiger partial charge on any atom is 0.225 e. The number of carbonyl (C=O) groups is 2. The molecule has 4 nitrogen and oxygen atoms in total. The highest BCUT2D eigenvalue weighted by Gasteiger charge is 2.20. The first-order valence-corrected chi connectivity index (χ1v) is 4.93. The summed E-state index contributed by atoms with van der Waals surface area (Å²) in [6.45, 7) is 8.34. The third-order valence-electron chi connectivity index (χ3n) is 1.74. The van der Waals surface area contributed by atoms with E-state index >= 15 is 0 Å². The van der Waals surface area contributed by atoms with E-state index in [9.17, 15) is 9.59 Å². The molecule has 0 saturated heterocycles. The van der Waals surface area contributed by atoms with Gasteiger partial charge in [-0.15, -0.1) is 0 Å². The lowest BCUT2D eigenvalue weighted by Gasteiger charge is -2.17. The molecule has 0 aliphatic carbocycles. The van der Waals surface area contributed by atoms with E-state index < -0.39 is 0 Å². The summed E-state index contributed by atoms with van der Waals surface area (Å²) in [5, 5.41) is 5.43. The summed E-state index contributed by atoms with van der Waals surface area (Å²) in [7, 11) is 0. The van der Waals surface area contributed by atoms with Crippen LogP contribution in [0.3, 0.4) is 0 Å². The van der Waals surface area contributed by atoms with Gasteiger partial charge < -0.3 is 10.6 Å². The number of hydrogen-bond donors (Lipinski definition) is 2. The Morgan fingerprint density at radius 3 is 2.00 bits per heavy atom. The third kappa shape index (κ3) is 5.56. The van der Waals surface area contributed by atoms with Crippen LogP contribution < -0.4 is 10.6 Å². The zero-order chi connectivity index (χ0) is 11.2. The Morgan fingerprint density at radius 1 is 1.07 bits per heavy atom. The standard InChI is InChI=1S/C10H20N2O2/c1-5-8(13)11-6-7-12-9(14)10(2,3)4/h5-7H2,1-4H3,(H,11,13)(H,12,14). The molecule has 2 N–H and O–H groups in total. The van der Waals surface area contributed by atoms with Crippen molar-refractivity contribution >= 4 is 11.8 Å². The van der Waals surface area contributed by atoms with Crippen molar-refractivity contribution in [3.63, 3.8) is 0 Å². The molecule has 0 aliphatic rings. The first kappa shape index (κ1) is 12.9. The van der Waals surface area contributed by atoms with Gasteiger partial charge in [-0.05, 0) is 0 Å².